The molecule has 0 saturated carbocycles. The maximum atomic E-state index is 9.83. The molecule has 0 amide bonds. The Bertz CT molecular complexity index is 210. The summed E-state index contributed by atoms with van der Waals surface area (Å²) in [6.07, 6.45) is 0.428. The number of hydrogen-bond donors (Lipinski definition) is 3. The van der Waals surface area contributed by atoms with Crippen molar-refractivity contribution >= 4 is 0 Å². The molecular formula is C11H23NO4. The molecule has 1 saturated heterocycles. The number of rotatable bonds is 5. The lowest BCUT2D eigenvalue weighted by molar-refractivity contribution is -0.249. The molecule has 0 aromatic carbocycles. The Morgan fingerprint density at radius 1 is 1.50 bits per heavy atom. The van der Waals surface area contributed by atoms with Gasteiger partial charge in [-0.05, 0) is 26.2 Å². The summed E-state index contributed by atoms with van der Waals surface area (Å²) in [6.45, 7) is 5.11. The molecule has 1 rings (SSSR count). The van der Waals surface area contributed by atoms with Gasteiger partial charge in [0.15, 0.2) is 5.79 Å². The lowest BCUT2D eigenvalue weighted by atomic mass is 9.98. The fourth-order valence-corrected chi connectivity index (χ4v) is 1.81. The van der Waals surface area contributed by atoms with Crippen molar-refractivity contribution in [3.8, 4) is 0 Å². The van der Waals surface area contributed by atoms with Gasteiger partial charge in [-0.25, -0.2) is 0 Å². The largest absolute Gasteiger partial charge is 0.396 e. The smallest absolute Gasteiger partial charge is 0.188 e. The molecule has 16 heavy (non-hydrogen) atoms. The zero-order valence-electron chi connectivity index (χ0n) is 10.3. The Balaban J connectivity index is 2.41. The highest BCUT2D eigenvalue weighted by molar-refractivity contribution is 4.79. The van der Waals surface area contributed by atoms with Crippen LogP contribution in [0.25, 0.3) is 0 Å². The molecular weight excluding hydrogens is 210 g/mol. The van der Waals surface area contributed by atoms with Gasteiger partial charge in [0.1, 0.15) is 6.10 Å². The molecule has 96 valence electrons. The van der Waals surface area contributed by atoms with Gasteiger partial charge < -0.3 is 25.0 Å². The highest BCUT2D eigenvalue weighted by Crippen LogP contribution is 2.20. The first-order valence-electron chi connectivity index (χ1n) is 5.74. The fraction of sp³-hybridized carbons (Fsp3) is 1.00. The average Bonchev–Trinajstić information content (AvgIpc) is 2.29. The minimum Gasteiger partial charge on any atom is -0.396 e. The number of hydrogen-bond acceptors (Lipinski definition) is 5. The summed E-state index contributed by atoms with van der Waals surface area (Å²) in [4.78, 5) is 0. The predicted molar refractivity (Wildman–Crippen MR) is 60.0 cm³/mol. The minimum absolute atomic E-state index is 0.0162. The third-order valence-corrected chi connectivity index (χ3v) is 3.22. The average molecular weight is 233 g/mol. The summed E-state index contributed by atoms with van der Waals surface area (Å²) in [5.41, 5.74) is 0. The summed E-state index contributed by atoms with van der Waals surface area (Å²) in [5, 5.41) is 22.1. The summed E-state index contributed by atoms with van der Waals surface area (Å²) in [7, 11) is 1.45. The van der Waals surface area contributed by atoms with E-state index in [9.17, 15) is 5.11 Å². The molecule has 0 aliphatic carbocycles. The first kappa shape index (κ1) is 13.9. The number of piperidine rings is 1. The minimum atomic E-state index is -1.27. The molecule has 3 N–H and O–H groups in total. The molecule has 1 heterocycles. The van der Waals surface area contributed by atoms with Crippen LogP contribution in [0, 0.1) is 5.92 Å². The van der Waals surface area contributed by atoms with Gasteiger partial charge in [-0.1, -0.05) is 0 Å². The quantitative estimate of drug-likeness (QED) is 0.570. The Morgan fingerprint density at radius 3 is 2.75 bits per heavy atom. The van der Waals surface area contributed by atoms with Gasteiger partial charge in [0, 0.05) is 26.8 Å². The van der Waals surface area contributed by atoms with Gasteiger partial charge in [-0.2, -0.15) is 0 Å². The van der Waals surface area contributed by atoms with E-state index in [0.717, 1.165) is 19.5 Å². The van der Waals surface area contributed by atoms with E-state index in [1.165, 1.54) is 7.11 Å². The van der Waals surface area contributed by atoms with Crippen LogP contribution < -0.4 is 5.32 Å². The number of nitrogens with one attached hydrogen (secondary N) is 1. The molecule has 0 aromatic heterocycles. The molecule has 5 nitrogen and oxygen atoms in total. The zero-order valence-corrected chi connectivity index (χ0v) is 10.3. The Hall–Kier alpha value is -0.200. The van der Waals surface area contributed by atoms with Crippen LogP contribution in [0.1, 0.15) is 20.3 Å². The molecule has 4 atom stereocenters. The van der Waals surface area contributed by atoms with E-state index in [1.54, 1.807) is 13.8 Å². The number of methoxy groups -OCH3 is 1. The van der Waals surface area contributed by atoms with Crippen LogP contribution >= 0.6 is 0 Å². The molecule has 1 aliphatic heterocycles. The lowest BCUT2D eigenvalue weighted by Crippen LogP contribution is -2.48. The maximum absolute atomic E-state index is 9.83. The van der Waals surface area contributed by atoms with E-state index >= 15 is 0 Å². The van der Waals surface area contributed by atoms with Crippen molar-refractivity contribution in [2.45, 2.75) is 38.3 Å². The summed E-state index contributed by atoms with van der Waals surface area (Å²) in [6, 6.07) is 0. The second kappa shape index (κ2) is 5.93. The summed E-state index contributed by atoms with van der Waals surface area (Å²) in [5.74, 6) is -1.04. The molecule has 0 aromatic rings. The first-order chi connectivity index (χ1) is 7.49. The van der Waals surface area contributed by atoms with Crippen molar-refractivity contribution in [2.24, 2.45) is 5.92 Å². The standard InChI is InChI=1S/C11H23NO4/c1-8(11(2,14)15-3)16-10-4-9(7-13)5-12-6-10/h8-10,12-14H,4-7H2,1-3H3/t8-,9+,10-,11?/m0/s1. The van der Waals surface area contributed by atoms with Crippen LogP contribution in [0.5, 0.6) is 0 Å². The van der Waals surface area contributed by atoms with E-state index in [2.05, 4.69) is 5.32 Å². The Labute approximate surface area is 96.7 Å². The van der Waals surface area contributed by atoms with Crippen molar-refractivity contribution in [3.05, 3.63) is 0 Å². The van der Waals surface area contributed by atoms with E-state index in [4.69, 9.17) is 14.6 Å². The van der Waals surface area contributed by atoms with Gasteiger partial charge in [0.05, 0.1) is 6.10 Å². The number of ether oxygens (including phenoxy) is 2. The third kappa shape index (κ3) is 3.68. The van der Waals surface area contributed by atoms with Crippen LogP contribution in [0.3, 0.4) is 0 Å². The van der Waals surface area contributed by atoms with Crippen LogP contribution in [-0.2, 0) is 9.47 Å². The van der Waals surface area contributed by atoms with Gasteiger partial charge in [0.25, 0.3) is 0 Å². The first-order valence-corrected chi connectivity index (χ1v) is 5.74. The topological polar surface area (TPSA) is 71.0 Å². The molecule has 5 heteroatoms. The SMILES string of the molecule is COC(C)(O)[C@H](C)O[C@@H]1CNC[C@H](CO)C1. The highest BCUT2D eigenvalue weighted by Gasteiger charge is 2.32. The highest BCUT2D eigenvalue weighted by atomic mass is 16.6. The maximum Gasteiger partial charge on any atom is 0.188 e. The molecule has 0 spiro atoms. The second-order valence-electron chi connectivity index (χ2n) is 4.60. The van der Waals surface area contributed by atoms with Gasteiger partial charge in [-0.15, -0.1) is 0 Å². The van der Waals surface area contributed by atoms with E-state index < -0.39 is 11.9 Å². The van der Waals surface area contributed by atoms with Crippen molar-refractivity contribution in [3.63, 3.8) is 0 Å². The predicted octanol–water partition coefficient (Wildman–Crippen LogP) is -0.283. The lowest BCUT2D eigenvalue weighted by Gasteiger charge is -2.35. The molecule has 0 radical (unpaired) electrons. The fourth-order valence-electron chi connectivity index (χ4n) is 1.81. The number of aliphatic hydroxyl groups is 2. The Kier molecular flexibility index (Phi) is 5.14. The third-order valence-electron chi connectivity index (χ3n) is 3.22. The molecule has 1 unspecified atom stereocenters. The van der Waals surface area contributed by atoms with Gasteiger partial charge in [-0.3, -0.25) is 0 Å². The van der Waals surface area contributed by atoms with E-state index in [-0.39, 0.29) is 18.6 Å². The van der Waals surface area contributed by atoms with Crippen LogP contribution in [0.15, 0.2) is 0 Å². The van der Waals surface area contributed by atoms with Crippen LogP contribution in [0.2, 0.25) is 0 Å². The van der Waals surface area contributed by atoms with Crippen LogP contribution in [-0.4, -0.2) is 55.0 Å². The number of aliphatic hydroxyl groups excluding tert-OH is 1. The van der Waals surface area contributed by atoms with Crippen molar-refractivity contribution in [1.29, 1.82) is 0 Å². The van der Waals surface area contributed by atoms with Crippen molar-refractivity contribution in [2.75, 3.05) is 26.8 Å². The van der Waals surface area contributed by atoms with E-state index in [1.807, 2.05) is 0 Å². The molecule has 1 fully saturated rings. The monoisotopic (exact) mass is 233 g/mol. The summed E-state index contributed by atoms with van der Waals surface area (Å²) >= 11 is 0. The van der Waals surface area contributed by atoms with E-state index in [0.29, 0.717) is 0 Å². The molecule has 0 bridgehead atoms. The molecule has 1 aliphatic rings. The zero-order chi connectivity index (χ0) is 12.2. The Morgan fingerprint density at radius 2 is 2.19 bits per heavy atom. The van der Waals surface area contributed by atoms with Gasteiger partial charge in [0.2, 0.25) is 0 Å². The van der Waals surface area contributed by atoms with Gasteiger partial charge >= 0.3 is 0 Å². The second-order valence-corrected chi connectivity index (χ2v) is 4.60. The normalized spacial score (nSPS) is 32.1. The van der Waals surface area contributed by atoms with Crippen molar-refractivity contribution in [1.82, 2.24) is 5.32 Å². The summed E-state index contributed by atoms with van der Waals surface area (Å²) < 4.78 is 10.7. The van der Waals surface area contributed by atoms with Crippen molar-refractivity contribution < 1.29 is 19.7 Å². The van der Waals surface area contributed by atoms with Crippen LogP contribution in [0.4, 0.5) is 0 Å².